The van der Waals surface area contributed by atoms with Gasteiger partial charge in [0.05, 0.1) is 27.8 Å². The van der Waals surface area contributed by atoms with Gasteiger partial charge in [-0.1, -0.05) is 13.8 Å². The van der Waals surface area contributed by atoms with Gasteiger partial charge in [-0.25, -0.2) is 0 Å². The van der Waals surface area contributed by atoms with E-state index >= 15 is 0 Å². The first-order valence-corrected chi connectivity index (χ1v) is 8.05. The Morgan fingerprint density at radius 1 is 1.04 bits per heavy atom. The second-order valence-electron chi connectivity index (χ2n) is 6.46. The zero-order valence-electron chi connectivity index (χ0n) is 14.7. The first-order valence-electron chi connectivity index (χ1n) is 8.05. The Labute approximate surface area is 138 Å². The molecule has 1 saturated heterocycles. The number of nitrogens with zero attached hydrogens (tertiary/aromatic N) is 1. The van der Waals surface area contributed by atoms with E-state index in [-0.39, 0.29) is 5.91 Å². The number of rotatable bonds is 5. The van der Waals surface area contributed by atoms with Gasteiger partial charge in [0.25, 0.3) is 0 Å². The molecule has 0 radical (unpaired) electrons. The first-order chi connectivity index (χ1) is 11.0. The highest BCUT2D eigenvalue weighted by atomic mass is 16.5. The Kier molecular flexibility index (Phi) is 5.74. The average molecular weight is 321 g/mol. The molecule has 5 heteroatoms. The highest BCUT2D eigenvalue weighted by Crippen LogP contribution is 2.38. The molecule has 0 aromatic heterocycles. The van der Waals surface area contributed by atoms with Crippen molar-refractivity contribution < 1.29 is 19.0 Å². The Hall–Kier alpha value is -1.91. The zero-order valence-corrected chi connectivity index (χ0v) is 14.7. The fourth-order valence-corrected chi connectivity index (χ4v) is 3.39. The molecule has 1 amide bonds. The van der Waals surface area contributed by atoms with Crippen LogP contribution in [0, 0.1) is 11.8 Å². The van der Waals surface area contributed by atoms with Crippen LogP contribution >= 0.6 is 0 Å². The Morgan fingerprint density at radius 2 is 1.57 bits per heavy atom. The summed E-state index contributed by atoms with van der Waals surface area (Å²) in [6.45, 7) is 6.09. The maximum absolute atomic E-state index is 12.6. The van der Waals surface area contributed by atoms with Gasteiger partial charge in [0.15, 0.2) is 11.5 Å². The Morgan fingerprint density at radius 3 is 2.00 bits per heavy atom. The second kappa shape index (κ2) is 7.57. The van der Waals surface area contributed by atoms with Crippen molar-refractivity contribution in [2.45, 2.75) is 26.7 Å². The van der Waals surface area contributed by atoms with E-state index in [0.29, 0.717) is 35.5 Å². The van der Waals surface area contributed by atoms with Crippen molar-refractivity contribution in [3.05, 3.63) is 17.7 Å². The summed E-state index contributed by atoms with van der Waals surface area (Å²) in [6.07, 6.45) is 1.53. The lowest BCUT2D eigenvalue weighted by molar-refractivity contribution is -0.133. The van der Waals surface area contributed by atoms with Crippen LogP contribution in [0.3, 0.4) is 0 Å². The van der Waals surface area contributed by atoms with E-state index in [0.717, 1.165) is 18.7 Å². The number of benzene rings is 1. The third-order valence-electron chi connectivity index (χ3n) is 4.30. The third-order valence-corrected chi connectivity index (χ3v) is 4.30. The molecular formula is C18H27NO4. The predicted octanol–water partition coefficient (Wildman–Crippen LogP) is 2.76. The van der Waals surface area contributed by atoms with E-state index in [9.17, 15) is 4.79 Å². The SMILES string of the molecule is COc1cc(CC(=O)N2C[C@H](C)C[C@@H](C)C2)cc(OC)c1OC. The molecule has 0 bridgehead atoms. The van der Waals surface area contributed by atoms with Crippen molar-refractivity contribution in [1.82, 2.24) is 4.90 Å². The number of hydrogen-bond donors (Lipinski definition) is 0. The number of amides is 1. The molecular weight excluding hydrogens is 294 g/mol. The van der Waals surface area contributed by atoms with Gasteiger partial charge < -0.3 is 19.1 Å². The lowest BCUT2D eigenvalue weighted by atomic mass is 9.91. The number of hydrogen-bond acceptors (Lipinski definition) is 4. The van der Waals surface area contributed by atoms with E-state index < -0.39 is 0 Å². The lowest BCUT2D eigenvalue weighted by Crippen LogP contribution is -2.43. The molecule has 5 nitrogen and oxygen atoms in total. The van der Waals surface area contributed by atoms with Crippen LogP contribution in [0.25, 0.3) is 0 Å². The van der Waals surface area contributed by atoms with Gasteiger partial charge in [-0.15, -0.1) is 0 Å². The van der Waals surface area contributed by atoms with Crippen molar-refractivity contribution in [1.29, 1.82) is 0 Å². The number of carbonyl (C=O) groups is 1. The van der Waals surface area contributed by atoms with Crippen LogP contribution in [0.5, 0.6) is 17.2 Å². The number of piperidine rings is 1. The highest BCUT2D eigenvalue weighted by Gasteiger charge is 2.26. The quantitative estimate of drug-likeness (QED) is 0.837. The molecule has 0 spiro atoms. The minimum absolute atomic E-state index is 0.151. The van der Waals surface area contributed by atoms with Crippen LogP contribution in [0.2, 0.25) is 0 Å². The molecule has 2 rings (SSSR count). The summed E-state index contributed by atoms with van der Waals surface area (Å²) in [5, 5.41) is 0. The molecule has 0 N–H and O–H groups in total. The topological polar surface area (TPSA) is 48.0 Å². The Balaban J connectivity index is 2.17. The molecule has 23 heavy (non-hydrogen) atoms. The monoisotopic (exact) mass is 321 g/mol. The maximum Gasteiger partial charge on any atom is 0.227 e. The largest absolute Gasteiger partial charge is 0.493 e. The summed E-state index contributed by atoms with van der Waals surface area (Å²) in [4.78, 5) is 14.6. The van der Waals surface area contributed by atoms with Gasteiger partial charge in [0.2, 0.25) is 11.7 Å². The lowest BCUT2D eigenvalue weighted by Gasteiger charge is -2.35. The van der Waals surface area contributed by atoms with Crippen molar-refractivity contribution in [3.8, 4) is 17.2 Å². The summed E-state index contributed by atoms with van der Waals surface area (Å²) in [6, 6.07) is 3.69. The van der Waals surface area contributed by atoms with Gasteiger partial charge >= 0.3 is 0 Å². The van der Waals surface area contributed by atoms with Crippen molar-refractivity contribution in [2.75, 3.05) is 34.4 Å². The molecule has 0 aliphatic carbocycles. The Bertz CT molecular complexity index is 523. The summed E-state index contributed by atoms with van der Waals surface area (Å²) in [5.41, 5.74) is 0.871. The molecule has 0 unspecified atom stereocenters. The van der Waals surface area contributed by atoms with Gasteiger partial charge in [-0.05, 0) is 36.0 Å². The van der Waals surface area contributed by atoms with E-state index in [1.54, 1.807) is 21.3 Å². The summed E-state index contributed by atoms with van der Waals surface area (Å²) in [5.74, 6) is 2.97. The van der Waals surface area contributed by atoms with Crippen molar-refractivity contribution >= 4 is 5.91 Å². The standard InChI is InChI=1S/C18H27NO4/c1-12-6-13(2)11-19(10-12)17(20)9-14-7-15(21-3)18(23-5)16(8-14)22-4/h7-8,12-13H,6,9-11H2,1-5H3/t12-,13-/m1/s1. The van der Waals surface area contributed by atoms with Crippen LogP contribution in [0.1, 0.15) is 25.8 Å². The van der Waals surface area contributed by atoms with Gasteiger partial charge in [-0.3, -0.25) is 4.79 Å². The van der Waals surface area contributed by atoms with Crippen LogP contribution in [0.15, 0.2) is 12.1 Å². The summed E-state index contributed by atoms with van der Waals surface area (Å²) >= 11 is 0. The number of ether oxygens (including phenoxy) is 3. The first kappa shape index (κ1) is 17.4. The summed E-state index contributed by atoms with van der Waals surface area (Å²) < 4.78 is 16.0. The van der Waals surface area contributed by atoms with E-state index in [4.69, 9.17) is 14.2 Å². The second-order valence-corrected chi connectivity index (χ2v) is 6.46. The molecule has 1 heterocycles. The highest BCUT2D eigenvalue weighted by molar-refractivity contribution is 5.79. The number of likely N-dealkylation sites (tertiary alicyclic amines) is 1. The fourth-order valence-electron chi connectivity index (χ4n) is 3.39. The zero-order chi connectivity index (χ0) is 17.0. The maximum atomic E-state index is 12.6. The number of carbonyl (C=O) groups excluding carboxylic acids is 1. The van der Waals surface area contributed by atoms with Gasteiger partial charge in [0, 0.05) is 13.1 Å². The summed E-state index contributed by atoms with van der Waals surface area (Å²) in [7, 11) is 4.73. The molecule has 1 aliphatic rings. The molecule has 0 saturated carbocycles. The molecule has 1 fully saturated rings. The molecule has 128 valence electrons. The average Bonchev–Trinajstić information content (AvgIpc) is 2.52. The number of methoxy groups -OCH3 is 3. The third kappa shape index (κ3) is 4.09. The minimum Gasteiger partial charge on any atom is -0.493 e. The van der Waals surface area contributed by atoms with Crippen molar-refractivity contribution in [2.24, 2.45) is 11.8 Å². The normalized spacial score (nSPS) is 21.0. The molecule has 1 aliphatic heterocycles. The smallest absolute Gasteiger partial charge is 0.227 e. The van der Waals surface area contributed by atoms with E-state index in [1.807, 2.05) is 17.0 Å². The molecule has 1 aromatic carbocycles. The minimum atomic E-state index is 0.151. The van der Waals surface area contributed by atoms with Crippen LogP contribution in [0.4, 0.5) is 0 Å². The molecule has 2 atom stereocenters. The predicted molar refractivity (Wildman–Crippen MR) is 89.3 cm³/mol. The van der Waals surface area contributed by atoms with Gasteiger partial charge in [0.1, 0.15) is 0 Å². The van der Waals surface area contributed by atoms with E-state index in [1.165, 1.54) is 6.42 Å². The van der Waals surface area contributed by atoms with Crippen LogP contribution < -0.4 is 14.2 Å². The van der Waals surface area contributed by atoms with E-state index in [2.05, 4.69) is 13.8 Å². The van der Waals surface area contributed by atoms with Crippen LogP contribution in [-0.4, -0.2) is 45.2 Å². The molecule has 1 aromatic rings. The van der Waals surface area contributed by atoms with Gasteiger partial charge in [-0.2, -0.15) is 0 Å². The fraction of sp³-hybridized carbons (Fsp3) is 0.611. The van der Waals surface area contributed by atoms with Crippen LogP contribution in [-0.2, 0) is 11.2 Å². The van der Waals surface area contributed by atoms with Crippen molar-refractivity contribution in [3.63, 3.8) is 0 Å².